The van der Waals surface area contributed by atoms with Gasteiger partial charge >= 0.3 is 0 Å². The van der Waals surface area contributed by atoms with E-state index in [0.717, 1.165) is 48.7 Å². The molecule has 3 aliphatic carbocycles. The van der Waals surface area contributed by atoms with E-state index in [4.69, 9.17) is 4.74 Å². The summed E-state index contributed by atoms with van der Waals surface area (Å²) in [5, 5.41) is 22.1. The van der Waals surface area contributed by atoms with Crippen molar-refractivity contribution in [1.82, 2.24) is 4.90 Å². The van der Waals surface area contributed by atoms with Crippen molar-refractivity contribution >= 4 is 5.78 Å². The average Bonchev–Trinajstić information content (AvgIpc) is 3.66. The molecule has 0 amide bonds. The number of hydrogen-bond donors (Lipinski definition) is 2. The molecule has 2 aromatic rings. The summed E-state index contributed by atoms with van der Waals surface area (Å²) >= 11 is 0. The first kappa shape index (κ1) is 22.3. The first-order valence-electron chi connectivity index (χ1n) is 12.9. The lowest BCUT2D eigenvalue weighted by atomic mass is 9.47. The van der Waals surface area contributed by atoms with E-state index in [0.29, 0.717) is 25.9 Å². The van der Waals surface area contributed by atoms with Crippen LogP contribution < -0.4 is 4.74 Å². The zero-order chi connectivity index (χ0) is 23.3. The summed E-state index contributed by atoms with van der Waals surface area (Å²) < 4.78 is 6.16. The third kappa shape index (κ3) is 3.60. The number of aliphatic hydroxyl groups is 2. The number of nitrogens with zero attached hydrogens (tertiary/aromatic N) is 1. The van der Waals surface area contributed by atoms with Crippen molar-refractivity contribution in [3.05, 3.63) is 65.2 Å². The first-order valence-corrected chi connectivity index (χ1v) is 12.9. The van der Waals surface area contributed by atoms with Crippen LogP contribution in [0, 0.1) is 11.8 Å². The van der Waals surface area contributed by atoms with E-state index in [-0.39, 0.29) is 24.3 Å². The quantitative estimate of drug-likeness (QED) is 0.659. The lowest BCUT2D eigenvalue weighted by Crippen LogP contribution is -2.74. The molecule has 2 aromatic carbocycles. The minimum absolute atomic E-state index is 0.00992. The number of ether oxygens (including phenoxy) is 1. The van der Waals surface area contributed by atoms with E-state index in [1.54, 1.807) is 0 Å². The highest BCUT2D eigenvalue weighted by molar-refractivity contribution is 5.85. The van der Waals surface area contributed by atoms with Crippen LogP contribution in [0.1, 0.15) is 55.2 Å². The number of piperidine rings is 1. The summed E-state index contributed by atoms with van der Waals surface area (Å²) in [6.07, 6.45) is 5.43. The van der Waals surface area contributed by atoms with Gasteiger partial charge in [0.1, 0.15) is 18.1 Å². The molecule has 4 atom stereocenters. The standard InChI is InChI=1S/C29H35NO4/c31-13-10-23-16-29(33)27-14-22-8-9-24(34-19-21-4-2-1-3-5-21)15-25(22)28(29,17-26(23)32)11-12-30(27)18-20-6-7-20/h1-5,8-9,15,20,23,27,31,33H,6-7,10-14,16-19H2/t23-,27+,28+,29+/m0/s1. The van der Waals surface area contributed by atoms with Gasteiger partial charge in [-0.15, -0.1) is 0 Å². The second kappa shape index (κ2) is 8.47. The Kier molecular flexibility index (Phi) is 5.55. The van der Waals surface area contributed by atoms with Gasteiger partial charge in [-0.1, -0.05) is 36.4 Å². The molecule has 6 rings (SSSR count). The van der Waals surface area contributed by atoms with Crippen molar-refractivity contribution in [2.75, 3.05) is 19.7 Å². The predicted octanol–water partition coefficient (Wildman–Crippen LogP) is 3.64. The molecule has 0 spiro atoms. The van der Waals surface area contributed by atoms with Crippen LogP contribution in [0.15, 0.2) is 48.5 Å². The van der Waals surface area contributed by atoms with Crippen LogP contribution in [-0.2, 0) is 23.2 Å². The number of benzene rings is 2. The summed E-state index contributed by atoms with van der Waals surface area (Å²) in [5.74, 6) is 1.48. The zero-order valence-corrected chi connectivity index (χ0v) is 19.8. The Morgan fingerprint density at radius 1 is 1.12 bits per heavy atom. The van der Waals surface area contributed by atoms with Gasteiger partial charge < -0.3 is 14.9 Å². The average molecular weight is 462 g/mol. The maximum absolute atomic E-state index is 13.3. The van der Waals surface area contributed by atoms with E-state index >= 15 is 0 Å². The van der Waals surface area contributed by atoms with Crippen molar-refractivity contribution in [2.45, 2.75) is 68.6 Å². The largest absolute Gasteiger partial charge is 0.489 e. The summed E-state index contributed by atoms with van der Waals surface area (Å²) in [7, 11) is 0. The van der Waals surface area contributed by atoms with Crippen LogP contribution in [0.5, 0.6) is 5.75 Å². The second-order valence-electron chi connectivity index (χ2n) is 11.1. The number of Topliss-reactive ketones (excluding diaryl/α,β-unsaturated/α-hetero) is 1. The van der Waals surface area contributed by atoms with E-state index < -0.39 is 11.0 Å². The fraction of sp³-hybridized carbons (Fsp3) is 0.552. The molecule has 1 saturated heterocycles. The molecule has 2 bridgehead atoms. The molecule has 5 nitrogen and oxygen atoms in total. The maximum Gasteiger partial charge on any atom is 0.137 e. The van der Waals surface area contributed by atoms with Crippen molar-refractivity contribution in [3.8, 4) is 5.75 Å². The number of rotatable bonds is 7. The molecule has 0 radical (unpaired) electrons. The number of hydrogen-bond acceptors (Lipinski definition) is 5. The first-order chi connectivity index (χ1) is 16.5. The predicted molar refractivity (Wildman–Crippen MR) is 130 cm³/mol. The Hall–Kier alpha value is -2.21. The van der Waals surface area contributed by atoms with Crippen LogP contribution >= 0.6 is 0 Å². The molecule has 1 heterocycles. The molecular weight excluding hydrogens is 426 g/mol. The molecule has 0 aromatic heterocycles. The van der Waals surface area contributed by atoms with Crippen molar-refractivity contribution in [2.24, 2.45) is 11.8 Å². The second-order valence-corrected chi connectivity index (χ2v) is 11.1. The number of aliphatic hydroxyl groups excluding tert-OH is 1. The van der Waals surface area contributed by atoms with Crippen molar-refractivity contribution in [1.29, 1.82) is 0 Å². The molecule has 3 fully saturated rings. The van der Waals surface area contributed by atoms with Crippen LogP contribution in [0.25, 0.3) is 0 Å². The normalized spacial score (nSPS) is 32.7. The maximum atomic E-state index is 13.3. The molecule has 1 aliphatic heterocycles. The molecule has 5 heteroatoms. The van der Waals surface area contributed by atoms with E-state index in [2.05, 4.69) is 29.2 Å². The Labute approximate surface area is 201 Å². The molecule has 4 aliphatic rings. The molecular formula is C29H35NO4. The highest BCUT2D eigenvalue weighted by Gasteiger charge is 2.66. The molecule has 2 saturated carbocycles. The van der Waals surface area contributed by atoms with Gasteiger partial charge in [-0.3, -0.25) is 9.69 Å². The minimum atomic E-state index is -0.959. The molecule has 0 unspecified atom stereocenters. The van der Waals surface area contributed by atoms with E-state index in [1.807, 2.05) is 24.3 Å². The van der Waals surface area contributed by atoms with Gasteiger partial charge in [0.05, 0.1) is 5.60 Å². The Morgan fingerprint density at radius 2 is 1.94 bits per heavy atom. The fourth-order valence-corrected chi connectivity index (χ4v) is 7.08. The van der Waals surface area contributed by atoms with E-state index in [1.165, 1.54) is 18.4 Å². The van der Waals surface area contributed by atoms with Gasteiger partial charge in [0, 0.05) is 36.9 Å². The minimum Gasteiger partial charge on any atom is -0.489 e. The number of carbonyl (C=O) groups is 1. The van der Waals surface area contributed by atoms with Gasteiger partial charge in [0.2, 0.25) is 0 Å². The number of ketones is 1. The number of carbonyl (C=O) groups excluding carboxylic acids is 1. The molecule has 34 heavy (non-hydrogen) atoms. The number of fused-ring (bicyclic) bond motifs is 1. The van der Waals surface area contributed by atoms with Gasteiger partial charge in [-0.05, 0) is 79.8 Å². The summed E-state index contributed by atoms with van der Waals surface area (Å²) in [6, 6.07) is 16.5. The lowest BCUT2D eigenvalue weighted by Gasteiger charge is -2.64. The number of likely N-dealkylation sites (tertiary alicyclic amines) is 1. The Bertz CT molecular complexity index is 1070. The molecule has 180 valence electrons. The van der Waals surface area contributed by atoms with Crippen LogP contribution in [0.3, 0.4) is 0 Å². The van der Waals surface area contributed by atoms with Crippen molar-refractivity contribution in [3.63, 3.8) is 0 Å². The zero-order valence-electron chi connectivity index (χ0n) is 19.8. The summed E-state index contributed by atoms with van der Waals surface area (Å²) in [4.78, 5) is 15.8. The van der Waals surface area contributed by atoms with Gasteiger partial charge in [-0.25, -0.2) is 0 Å². The van der Waals surface area contributed by atoms with E-state index in [9.17, 15) is 15.0 Å². The SMILES string of the molecule is O=C1C[C@]23CCN(CC4CC4)[C@H](Cc4ccc(OCc5ccccc5)cc42)[C@]3(O)C[C@@H]1CCO. The third-order valence-electron chi connectivity index (χ3n) is 9.06. The molecule has 2 N–H and O–H groups in total. The van der Waals surface area contributed by atoms with Crippen LogP contribution in [-0.4, -0.2) is 52.2 Å². The smallest absolute Gasteiger partial charge is 0.137 e. The van der Waals surface area contributed by atoms with Crippen LogP contribution in [0.4, 0.5) is 0 Å². The van der Waals surface area contributed by atoms with Gasteiger partial charge in [0.15, 0.2) is 0 Å². The highest BCUT2D eigenvalue weighted by Crippen LogP contribution is 2.59. The van der Waals surface area contributed by atoms with Gasteiger partial charge in [-0.2, -0.15) is 0 Å². The summed E-state index contributed by atoms with van der Waals surface area (Å²) in [6.45, 7) is 2.46. The Morgan fingerprint density at radius 3 is 2.71 bits per heavy atom. The monoisotopic (exact) mass is 461 g/mol. The van der Waals surface area contributed by atoms with Crippen molar-refractivity contribution < 1.29 is 19.7 Å². The summed E-state index contributed by atoms with van der Waals surface area (Å²) in [5.41, 5.74) is 1.94. The topological polar surface area (TPSA) is 70.0 Å². The lowest BCUT2D eigenvalue weighted by molar-refractivity contribution is -0.182. The third-order valence-corrected chi connectivity index (χ3v) is 9.06. The van der Waals surface area contributed by atoms with Gasteiger partial charge in [0.25, 0.3) is 0 Å². The highest BCUT2D eigenvalue weighted by atomic mass is 16.5. The fourth-order valence-electron chi connectivity index (χ4n) is 7.08. The Balaban J connectivity index is 1.37. The van der Waals surface area contributed by atoms with Crippen LogP contribution in [0.2, 0.25) is 0 Å².